The molecule has 0 aliphatic rings. The highest BCUT2D eigenvalue weighted by molar-refractivity contribution is 7.98. The van der Waals surface area contributed by atoms with Gasteiger partial charge in [0.05, 0.1) is 16.6 Å². The van der Waals surface area contributed by atoms with Gasteiger partial charge in [-0.1, -0.05) is 36.0 Å². The third-order valence-electron chi connectivity index (χ3n) is 4.65. The zero-order valence-corrected chi connectivity index (χ0v) is 17.0. The van der Waals surface area contributed by atoms with E-state index in [1.54, 1.807) is 22.8 Å². The minimum Gasteiger partial charge on any atom is -0.378 e. The van der Waals surface area contributed by atoms with Gasteiger partial charge >= 0.3 is 0 Å². The van der Waals surface area contributed by atoms with Crippen molar-refractivity contribution in [3.63, 3.8) is 0 Å². The van der Waals surface area contributed by atoms with Crippen molar-refractivity contribution in [2.24, 2.45) is 0 Å². The van der Waals surface area contributed by atoms with Crippen LogP contribution >= 0.6 is 11.8 Å². The van der Waals surface area contributed by atoms with E-state index in [2.05, 4.69) is 0 Å². The normalized spacial score (nSPS) is 11.0. The predicted octanol–water partition coefficient (Wildman–Crippen LogP) is 4.88. The fourth-order valence-electron chi connectivity index (χ4n) is 3.07. The standard InChI is InChI=1S/C23H20FN3OS/c1-26(2)18-11-13-19(14-12-18)27-22(28)20-5-3-4-6-21(20)25-23(27)29-15-16-7-9-17(24)10-8-16/h3-14H,15H2,1-2H3. The zero-order valence-electron chi connectivity index (χ0n) is 16.2. The van der Waals surface area contributed by atoms with Gasteiger partial charge in [0, 0.05) is 25.5 Å². The molecule has 0 saturated heterocycles. The van der Waals surface area contributed by atoms with Crippen LogP contribution < -0.4 is 10.5 Å². The molecule has 0 N–H and O–H groups in total. The first-order valence-corrected chi connectivity index (χ1v) is 10.2. The van der Waals surface area contributed by atoms with E-state index in [4.69, 9.17) is 4.98 Å². The summed E-state index contributed by atoms with van der Waals surface area (Å²) in [5.74, 6) is 0.321. The second-order valence-electron chi connectivity index (χ2n) is 6.88. The molecule has 0 amide bonds. The highest BCUT2D eigenvalue weighted by atomic mass is 32.2. The second-order valence-corrected chi connectivity index (χ2v) is 7.82. The SMILES string of the molecule is CN(C)c1ccc(-n2c(SCc3ccc(F)cc3)nc3ccccc3c2=O)cc1. The molecular weight excluding hydrogens is 385 g/mol. The Bertz CT molecular complexity index is 1200. The molecule has 0 radical (unpaired) electrons. The number of aromatic nitrogens is 2. The van der Waals surface area contributed by atoms with Crippen molar-refractivity contribution in [1.82, 2.24) is 9.55 Å². The van der Waals surface area contributed by atoms with Gasteiger partial charge < -0.3 is 4.90 Å². The molecule has 0 spiro atoms. The van der Waals surface area contributed by atoms with Gasteiger partial charge in [0.15, 0.2) is 5.16 Å². The summed E-state index contributed by atoms with van der Waals surface area (Å²) < 4.78 is 14.8. The van der Waals surface area contributed by atoms with E-state index in [1.165, 1.54) is 23.9 Å². The maximum atomic E-state index is 13.3. The third-order valence-corrected chi connectivity index (χ3v) is 5.66. The van der Waals surface area contributed by atoms with Crippen LogP contribution in [0.5, 0.6) is 0 Å². The monoisotopic (exact) mass is 405 g/mol. The summed E-state index contributed by atoms with van der Waals surface area (Å²) in [6, 6.07) is 21.5. The summed E-state index contributed by atoms with van der Waals surface area (Å²) in [5.41, 5.74) is 3.35. The van der Waals surface area contributed by atoms with E-state index >= 15 is 0 Å². The molecule has 4 nitrogen and oxygen atoms in total. The van der Waals surface area contributed by atoms with Crippen LogP contribution in [0.25, 0.3) is 16.6 Å². The van der Waals surface area contributed by atoms with Gasteiger partial charge in [-0.2, -0.15) is 0 Å². The molecule has 1 aromatic heterocycles. The molecule has 0 unspecified atom stereocenters. The molecule has 4 aromatic rings. The van der Waals surface area contributed by atoms with Gasteiger partial charge in [0.25, 0.3) is 5.56 Å². The number of para-hydroxylation sites is 1. The molecule has 146 valence electrons. The van der Waals surface area contributed by atoms with Gasteiger partial charge in [-0.3, -0.25) is 9.36 Å². The van der Waals surface area contributed by atoms with Gasteiger partial charge in [-0.15, -0.1) is 0 Å². The predicted molar refractivity (Wildman–Crippen MR) is 118 cm³/mol. The summed E-state index contributed by atoms with van der Waals surface area (Å²) in [6.45, 7) is 0. The smallest absolute Gasteiger partial charge is 0.266 e. The molecule has 0 fully saturated rings. The van der Waals surface area contributed by atoms with Crippen molar-refractivity contribution in [2.75, 3.05) is 19.0 Å². The van der Waals surface area contributed by atoms with Crippen molar-refractivity contribution in [1.29, 1.82) is 0 Å². The molecule has 29 heavy (non-hydrogen) atoms. The average Bonchev–Trinajstić information content (AvgIpc) is 2.73. The topological polar surface area (TPSA) is 38.1 Å². The van der Waals surface area contributed by atoms with Gasteiger partial charge in [-0.25, -0.2) is 9.37 Å². The van der Waals surface area contributed by atoms with Gasteiger partial charge in [0.1, 0.15) is 5.82 Å². The second kappa shape index (κ2) is 8.09. The quantitative estimate of drug-likeness (QED) is 0.350. The molecular formula is C23H20FN3OS. The van der Waals surface area contributed by atoms with Crippen molar-refractivity contribution >= 4 is 28.4 Å². The lowest BCUT2D eigenvalue weighted by atomic mass is 10.2. The highest BCUT2D eigenvalue weighted by Gasteiger charge is 2.13. The van der Waals surface area contributed by atoms with Crippen molar-refractivity contribution in [3.05, 3.63) is 94.5 Å². The third kappa shape index (κ3) is 4.03. The van der Waals surface area contributed by atoms with Crippen molar-refractivity contribution in [2.45, 2.75) is 10.9 Å². The minimum absolute atomic E-state index is 0.102. The number of hydrogen-bond donors (Lipinski definition) is 0. The molecule has 1 heterocycles. The summed E-state index contributed by atoms with van der Waals surface area (Å²) in [7, 11) is 3.95. The molecule has 0 saturated carbocycles. The summed E-state index contributed by atoms with van der Waals surface area (Å²) in [6.07, 6.45) is 0. The zero-order chi connectivity index (χ0) is 20.4. The Morgan fingerprint density at radius 2 is 1.66 bits per heavy atom. The van der Waals surface area contributed by atoms with E-state index < -0.39 is 0 Å². The van der Waals surface area contributed by atoms with Crippen LogP contribution in [-0.2, 0) is 5.75 Å². The van der Waals surface area contributed by atoms with E-state index in [1.807, 2.05) is 61.5 Å². The van der Waals surface area contributed by atoms with Crippen LogP contribution in [0.2, 0.25) is 0 Å². The lowest BCUT2D eigenvalue weighted by Crippen LogP contribution is -2.22. The number of benzene rings is 3. The number of nitrogens with zero attached hydrogens (tertiary/aromatic N) is 3. The summed E-state index contributed by atoms with van der Waals surface area (Å²) in [4.78, 5) is 20.0. The number of halogens is 1. The van der Waals surface area contributed by atoms with Gasteiger partial charge in [-0.05, 0) is 54.1 Å². The van der Waals surface area contributed by atoms with E-state index in [0.29, 0.717) is 21.8 Å². The Hall–Kier alpha value is -3.12. The number of hydrogen-bond acceptors (Lipinski definition) is 4. The Morgan fingerprint density at radius 1 is 0.966 bits per heavy atom. The largest absolute Gasteiger partial charge is 0.378 e. The molecule has 0 aliphatic carbocycles. The average molecular weight is 405 g/mol. The van der Waals surface area contributed by atoms with Crippen LogP contribution in [0.3, 0.4) is 0 Å². The summed E-state index contributed by atoms with van der Waals surface area (Å²) in [5, 5.41) is 1.19. The molecule has 0 bridgehead atoms. The fraction of sp³-hybridized carbons (Fsp3) is 0.130. The van der Waals surface area contributed by atoms with Crippen LogP contribution in [-0.4, -0.2) is 23.6 Å². The van der Waals surface area contributed by atoms with Crippen LogP contribution in [0, 0.1) is 5.82 Å². The van der Waals surface area contributed by atoms with Crippen LogP contribution in [0.4, 0.5) is 10.1 Å². The maximum absolute atomic E-state index is 13.3. The first-order chi connectivity index (χ1) is 14.0. The van der Waals surface area contributed by atoms with Gasteiger partial charge in [0.2, 0.25) is 0 Å². The first kappa shape index (κ1) is 19.2. The maximum Gasteiger partial charge on any atom is 0.266 e. The molecule has 6 heteroatoms. The number of rotatable bonds is 5. The molecule has 4 rings (SSSR count). The first-order valence-electron chi connectivity index (χ1n) is 9.20. The fourth-order valence-corrected chi connectivity index (χ4v) is 4.03. The van der Waals surface area contributed by atoms with E-state index in [0.717, 1.165) is 16.9 Å². The van der Waals surface area contributed by atoms with Crippen molar-refractivity contribution in [3.8, 4) is 5.69 Å². The number of anilines is 1. The minimum atomic E-state index is -0.263. The number of fused-ring (bicyclic) bond motifs is 1. The Labute approximate surface area is 172 Å². The summed E-state index contributed by atoms with van der Waals surface area (Å²) >= 11 is 1.46. The molecule has 3 aromatic carbocycles. The van der Waals surface area contributed by atoms with E-state index in [-0.39, 0.29) is 11.4 Å². The Balaban J connectivity index is 1.79. The van der Waals surface area contributed by atoms with Crippen LogP contribution in [0.15, 0.2) is 82.7 Å². The Morgan fingerprint density at radius 3 is 2.34 bits per heavy atom. The number of thioether (sulfide) groups is 1. The highest BCUT2D eigenvalue weighted by Crippen LogP contribution is 2.25. The van der Waals surface area contributed by atoms with Crippen molar-refractivity contribution < 1.29 is 4.39 Å². The Kier molecular flexibility index (Phi) is 5.36. The lowest BCUT2D eigenvalue weighted by molar-refractivity contribution is 0.627. The molecule has 0 aliphatic heterocycles. The van der Waals surface area contributed by atoms with E-state index in [9.17, 15) is 9.18 Å². The lowest BCUT2D eigenvalue weighted by Gasteiger charge is -2.16. The molecule has 0 atom stereocenters. The van der Waals surface area contributed by atoms with Crippen LogP contribution in [0.1, 0.15) is 5.56 Å².